The van der Waals surface area contributed by atoms with Gasteiger partial charge in [0.25, 0.3) is 0 Å². The molecule has 1 N–H and O–H groups in total. The summed E-state index contributed by atoms with van der Waals surface area (Å²) < 4.78 is 33.7. The van der Waals surface area contributed by atoms with Gasteiger partial charge in [-0.15, -0.1) is 0 Å². The fraction of sp³-hybridized carbons (Fsp3) is 0.355. The van der Waals surface area contributed by atoms with Crippen LogP contribution in [-0.4, -0.2) is 57.1 Å². The van der Waals surface area contributed by atoms with E-state index in [1.807, 2.05) is 61.5 Å². The molecule has 0 aliphatic rings. The van der Waals surface area contributed by atoms with Gasteiger partial charge in [-0.3, -0.25) is 13.9 Å². The van der Waals surface area contributed by atoms with Gasteiger partial charge in [0.15, 0.2) is 0 Å². The highest BCUT2D eigenvalue weighted by molar-refractivity contribution is 9.10. The number of nitrogens with one attached hydrogen (secondary N) is 1. The lowest BCUT2D eigenvalue weighted by atomic mass is 10.0. The molecular formula is C31H38BrN3O5S. The number of hydrogen-bond acceptors (Lipinski definition) is 5. The van der Waals surface area contributed by atoms with Gasteiger partial charge in [0.1, 0.15) is 18.3 Å². The van der Waals surface area contributed by atoms with E-state index in [0.717, 1.165) is 39.0 Å². The van der Waals surface area contributed by atoms with E-state index in [-0.39, 0.29) is 24.6 Å². The van der Waals surface area contributed by atoms with E-state index in [9.17, 15) is 18.0 Å². The van der Waals surface area contributed by atoms with Crippen LogP contribution in [0.25, 0.3) is 0 Å². The molecule has 0 aliphatic heterocycles. The van der Waals surface area contributed by atoms with E-state index in [2.05, 4.69) is 21.2 Å². The molecule has 0 aliphatic carbocycles. The van der Waals surface area contributed by atoms with E-state index in [4.69, 9.17) is 4.74 Å². The Balaban J connectivity index is 2.05. The lowest BCUT2D eigenvalue weighted by molar-refractivity contribution is -0.140. The minimum atomic E-state index is -3.89. The molecule has 2 amide bonds. The Morgan fingerprint density at radius 3 is 2.22 bits per heavy atom. The van der Waals surface area contributed by atoms with E-state index in [1.54, 1.807) is 31.2 Å². The van der Waals surface area contributed by atoms with Gasteiger partial charge in [-0.25, -0.2) is 8.42 Å². The standard InChI is InChI=1S/C31H38BrN3O5S/c1-4-6-20-33-31(37)28(21-24-12-8-7-9-13-24)34(22-25-16-18-26(32)19-17-25)30(36)23-35(41(3,38)39)27-14-10-11-15-29(27)40-5-2/h7-19,28H,4-6,20-23H2,1-3H3,(H,33,37)/t28-/m1/s1. The molecule has 0 radical (unpaired) electrons. The largest absolute Gasteiger partial charge is 0.492 e. The zero-order valence-corrected chi connectivity index (χ0v) is 26.2. The van der Waals surface area contributed by atoms with Crippen molar-refractivity contribution in [3.05, 3.63) is 94.5 Å². The molecule has 0 fully saturated rings. The zero-order valence-electron chi connectivity index (χ0n) is 23.8. The summed E-state index contributed by atoms with van der Waals surface area (Å²) in [5, 5.41) is 2.98. The first-order valence-electron chi connectivity index (χ1n) is 13.7. The van der Waals surface area contributed by atoms with E-state index in [1.165, 1.54) is 4.90 Å². The summed E-state index contributed by atoms with van der Waals surface area (Å²) in [4.78, 5) is 29.3. The maximum atomic E-state index is 14.2. The molecule has 0 saturated carbocycles. The van der Waals surface area contributed by atoms with Crippen LogP contribution in [0.2, 0.25) is 0 Å². The molecule has 0 aromatic heterocycles. The molecular weight excluding hydrogens is 606 g/mol. The number of para-hydroxylation sites is 2. The number of amides is 2. The Labute approximate surface area is 251 Å². The Hall–Kier alpha value is -3.37. The normalized spacial score (nSPS) is 11.9. The topological polar surface area (TPSA) is 96.0 Å². The second-order valence-corrected chi connectivity index (χ2v) is 12.5. The van der Waals surface area contributed by atoms with Crippen molar-refractivity contribution in [1.29, 1.82) is 0 Å². The molecule has 1 atom stereocenters. The smallest absolute Gasteiger partial charge is 0.244 e. The molecule has 0 unspecified atom stereocenters. The molecule has 41 heavy (non-hydrogen) atoms. The highest BCUT2D eigenvalue weighted by Crippen LogP contribution is 2.30. The molecule has 10 heteroatoms. The van der Waals surface area contributed by atoms with Gasteiger partial charge in [0.2, 0.25) is 21.8 Å². The van der Waals surface area contributed by atoms with Gasteiger partial charge < -0.3 is 15.0 Å². The maximum Gasteiger partial charge on any atom is 0.244 e. The predicted octanol–water partition coefficient (Wildman–Crippen LogP) is 5.17. The number of rotatable bonds is 15. The fourth-order valence-electron chi connectivity index (χ4n) is 4.38. The highest BCUT2D eigenvalue weighted by atomic mass is 79.9. The number of carbonyl (C=O) groups excluding carboxylic acids is 2. The molecule has 0 heterocycles. The first-order chi connectivity index (χ1) is 19.6. The summed E-state index contributed by atoms with van der Waals surface area (Å²) in [5.41, 5.74) is 1.96. The lowest BCUT2D eigenvalue weighted by Gasteiger charge is -2.33. The minimum Gasteiger partial charge on any atom is -0.492 e. The van der Waals surface area contributed by atoms with Crippen LogP contribution < -0.4 is 14.4 Å². The van der Waals surface area contributed by atoms with Gasteiger partial charge in [-0.05, 0) is 48.7 Å². The Morgan fingerprint density at radius 2 is 1.59 bits per heavy atom. The third kappa shape index (κ3) is 9.60. The third-order valence-electron chi connectivity index (χ3n) is 6.48. The van der Waals surface area contributed by atoms with Crippen LogP contribution >= 0.6 is 15.9 Å². The van der Waals surface area contributed by atoms with Crippen molar-refractivity contribution in [2.45, 2.75) is 45.7 Å². The average molecular weight is 645 g/mol. The monoisotopic (exact) mass is 643 g/mol. The number of halogens is 1. The summed E-state index contributed by atoms with van der Waals surface area (Å²) in [6, 6.07) is 22.8. The fourth-order valence-corrected chi connectivity index (χ4v) is 5.50. The van der Waals surface area contributed by atoms with Gasteiger partial charge in [-0.2, -0.15) is 0 Å². The van der Waals surface area contributed by atoms with Crippen molar-refractivity contribution < 1.29 is 22.7 Å². The Bertz CT molecular complexity index is 1380. The predicted molar refractivity (Wildman–Crippen MR) is 166 cm³/mol. The van der Waals surface area contributed by atoms with E-state index < -0.39 is 28.5 Å². The molecule has 220 valence electrons. The summed E-state index contributed by atoms with van der Waals surface area (Å²) in [5.74, 6) is -0.435. The number of unbranched alkanes of at least 4 members (excludes halogenated alkanes) is 1. The van der Waals surface area contributed by atoms with E-state index >= 15 is 0 Å². The van der Waals surface area contributed by atoms with Gasteiger partial charge in [0.05, 0.1) is 18.6 Å². The van der Waals surface area contributed by atoms with Crippen LogP contribution in [0.3, 0.4) is 0 Å². The van der Waals surface area contributed by atoms with Crippen molar-refractivity contribution in [3.63, 3.8) is 0 Å². The van der Waals surface area contributed by atoms with Gasteiger partial charge >= 0.3 is 0 Å². The lowest BCUT2D eigenvalue weighted by Crippen LogP contribution is -2.53. The van der Waals surface area contributed by atoms with Crippen molar-refractivity contribution in [3.8, 4) is 5.75 Å². The number of benzene rings is 3. The Kier molecular flexibility index (Phi) is 12.2. The molecule has 0 spiro atoms. The molecule has 0 saturated heterocycles. The maximum absolute atomic E-state index is 14.2. The van der Waals surface area contributed by atoms with E-state index in [0.29, 0.717) is 18.9 Å². The molecule has 0 bridgehead atoms. The number of sulfonamides is 1. The zero-order chi connectivity index (χ0) is 29.8. The number of carbonyl (C=O) groups is 2. The highest BCUT2D eigenvalue weighted by Gasteiger charge is 2.33. The molecule has 8 nitrogen and oxygen atoms in total. The van der Waals surface area contributed by atoms with Crippen molar-refractivity contribution in [2.75, 3.05) is 30.3 Å². The minimum absolute atomic E-state index is 0.121. The molecule has 3 aromatic rings. The van der Waals surface area contributed by atoms with Gasteiger partial charge in [-0.1, -0.05) is 83.9 Å². The quantitative estimate of drug-likeness (QED) is 0.231. The van der Waals surface area contributed by atoms with Crippen LogP contribution in [0.4, 0.5) is 5.69 Å². The average Bonchev–Trinajstić information content (AvgIpc) is 2.95. The first-order valence-corrected chi connectivity index (χ1v) is 16.3. The van der Waals surface area contributed by atoms with Crippen molar-refractivity contribution in [2.24, 2.45) is 0 Å². The SMILES string of the molecule is CCCCNC(=O)[C@@H](Cc1ccccc1)N(Cc1ccc(Br)cc1)C(=O)CN(c1ccccc1OCC)S(C)(=O)=O. The summed E-state index contributed by atoms with van der Waals surface area (Å²) in [7, 11) is -3.89. The Morgan fingerprint density at radius 1 is 0.927 bits per heavy atom. The van der Waals surface area contributed by atoms with Crippen molar-refractivity contribution in [1.82, 2.24) is 10.2 Å². The third-order valence-corrected chi connectivity index (χ3v) is 8.13. The summed E-state index contributed by atoms with van der Waals surface area (Å²) in [6.45, 7) is 4.28. The summed E-state index contributed by atoms with van der Waals surface area (Å²) in [6.07, 6.45) is 3.05. The number of ether oxygens (including phenoxy) is 1. The molecule has 3 rings (SSSR count). The first kappa shape index (κ1) is 32.1. The van der Waals surface area contributed by atoms with Crippen LogP contribution in [0.15, 0.2) is 83.3 Å². The number of anilines is 1. The van der Waals surface area contributed by atoms with Crippen LogP contribution in [0.5, 0.6) is 5.75 Å². The van der Waals surface area contributed by atoms with Crippen LogP contribution in [0.1, 0.15) is 37.8 Å². The van der Waals surface area contributed by atoms with Gasteiger partial charge in [0, 0.05) is 24.0 Å². The van der Waals surface area contributed by atoms with Crippen LogP contribution in [-0.2, 0) is 32.6 Å². The summed E-state index contributed by atoms with van der Waals surface area (Å²) >= 11 is 3.44. The van der Waals surface area contributed by atoms with Crippen LogP contribution in [0, 0.1) is 0 Å². The molecule has 3 aromatic carbocycles. The second-order valence-electron chi connectivity index (χ2n) is 9.67. The number of nitrogens with zero attached hydrogens (tertiary/aromatic N) is 2. The number of hydrogen-bond donors (Lipinski definition) is 1. The van der Waals surface area contributed by atoms with Crippen molar-refractivity contribution >= 4 is 43.5 Å². The second kappa shape index (κ2) is 15.6.